The van der Waals surface area contributed by atoms with E-state index in [0.29, 0.717) is 10.2 Å². The van der Waals surface area contributed by atoms with Gasteiger partial charge in [-0.05, 0) is 45.5 Å². The summed E-state index contributed by atoms with van der Waals surface area (Å²) in [5.41, 5.74) is 3.61. The SMILES string of the molecule is Cc1ccc(C(C)(C)C)cc1-c1onc(C#N)c1Br. The second-order valence-electron chi connectivity index (χ2n) is 5.57. The zero-order valence-corrected chi connectivity index (χ0v) is 13.0. The van der Waals surface area contributed by atoms with E-state index < -0.39 is 0 Å². The standard InChI is InChI=1S/C15H15BrN2O/c1-9-5-6-10(15(2,3)4)7-11(9)14-13(16)12(8-17)18-19-14/h5-7H,1-4H3. The van der Waals surface area contributed by atoms with Crippen LogP contribution < -0.4 is 0 Å². The van der Waals surface area contributed by atoms with Crippen molar-refractivity contribution in [1.82, 2.24) is 5.16 Å². The van der Waals surface area contributed by atoms with Crippen LogP contribution in [0.5, 0.6) is 0 Å². The number of nitriles is 1. The maximum Gasteiger partial charge on any atom is 0.198 e. The molecule has 2 rings (SSSR count). The van der Waals surface area contributed by atoms with E-state index in [2.05, 4.69) is 60.1 Å². The van der Waals surface area contributed by atoms with E-state index >= 15 is 0 Å². The fraction of sp³-hybridized carbons (Fsp3) is 0.333. The fourth-order valence-electron chi connectivity index (χ4n) is 1.85. The van der Waals surface area contributed by atoms with Crippen molar-refractivity contribution in [1.29, 1.82) is 5.26 Å². The smallest absolute Gasteiger partial charge is 0.198 e. The minimum Gasteiger partial charge on any atom is -0.354 e. The molecule has 0 bridgehead atoms. The number of benzene rings is 1. The van der Waals surface area contributed by atoms with Gasteiger partial charge in [0, 0.05) is 5.56 Å². The third-order valence-corrected chi connectivity index (χ3v) is 3.83. The summed E-state index contributed by atoms with van der Waals surface area (Å²) in [5, 5.41) is 12.7. The number of aromatic nitrogens is 1. The van der Waals surface area contributed by atoms with E-state index in [1.165, 1.54) is 5.56 Å². The van der Waals surface area contributed by atoms with Gasteiger partial charge in [0.2, 0.25) is 0 Å². The summed E-state index contributed by atoms with van der Waals surface area (Å²) in [6, 6.07) is 8.28. The van der Waals surface area contributed by atoms with E-state index in [0.717, 1.165) is 11.1 Å². The number of nitrogens with zero attached hydrogens (tertiary/aromatic N) is 2. The first-order chi connectivity index (χ1) is 8.84. The van der Waals surface area contributed by atoms with Crippen LogP contribution in [-0.4, -0.2) is 5.16 Å². The molecule has 1 heterocycles. The molecule has 1 aromatic heterocycles. The topological polar surface area (TPSA) is 49.8 Å². The maximum absolute atomic E-state index is 8.93. The summed E-state index contributed by atoms with van der Waals surface area (Å²) < 4.78 is 5.92. The van der Waals surface area contributed by atoms with Gasteiger partial charge >= 0.3 is 0 Å². The molecule has 0 unspecified atom stereocenters. The predicted octanol–water partition coefficient (Wildman–Crippen LogP) is 4.58. The van der Waals surface area contributed by atoms with Gasteiger partial charge in [0.25, 0.3) is 0 Å². The molecule has 0 saturated carbocycles. The number of hydrogen-bond acceptors (Lipinski definition) is 3. The lowest BCUT2D eigenvalue weighted by Crippen LogP contribution is -2.11. The summed E-state index contributed by atoms with van der Waals surface area (Å²) in [5.74, 6) is 0.611. The van der Waals surface area contributed by atoms with Crippen LogP contribution in [0.2, 0.25) is 0 Å². The molecular formula is C15H15BrN2O. The van der Waals surface area contributed by atoms with Crippen LogP contribution >= 0.6 is 15.9 Å². The first-order valence-electron chi connectivity index (χ1n) is 6.01. The summed E-state index contributed by atoms with van der Waals surface area (Å²) in [6.45, 7) is 8.51. The lowest BCUT2D eigenvalue weighted by atomic mass is 9.85. The van der Waals surface area contributed by atoms with Crippen molar-refractivity contribution in [3.8, 4) is 17.4 Å². The van der Waals surface area contributed by atoms with E-state index in [1.807, 2.05) is 13.0 Å². The van der Waals surface area contributed by atoms with Crippen molar-refractivity contribution in [2.75, 3.05) is 0 Å². The molecule has 2 aromatic rings. The molecule has 0 aliphatic rings. The van der Waals surface area contributed by atoms with Crippen LogP contribution in [-0.2, 0) is 5.41 Å². The minimum atomic E-state index is 0.0625. The fourth-order valence-corrected chi connectivity index (χ4v) is 2.30. The van der Waals surface area contributed by atoms with Gasteiger partial charge in [0.05, 0.1) is 0 Å². The van der Waals surface area contributed by atoms with E-state index in [1.54, 1.807) is 0 Å². The van der Waals surface area contributed by atoms with Gasteiger partial charge in [0.1, 0.15) is 10.5 Å². The Bertz CT molecular complexity index is 660. The minimum absolute atomic E-state index is 0.0625. The molecule has 0 atom stereocenters. The molecule has 0 fully saturated rings. The summed E-state index contributed by atoms with van der Waals surface area (Å²) in [4.78, 5) is 0. The number of aryl methyl sites for hydroxylation is 1. The number of halogens is 1. The molecule has 0 N–H and O–H groups in total. The van der Waals surface area contributed by atoms with Crippen LogP contribution in [0, 0.1) is 18.3 Å². The molecule has 0 amide bonds. The monoisotopic (exact) mass is 318 g/mol. The molecule has 0 radical (unpaired) electrons. The largest absolute Gasteiger partial charge is 0.354 e. The molecule has 0 saturated heterocycles. The van der Waals surface area contributed by atoms with Crippen molar-refractivity contribution in [2.24, 2.45) is 0 Å². The van der Waals surface area contributed by atoms with E-state index in [4.69, 9.17) is 9.78 Å². The first kappa shape index (κ1) is 13.8. The Morgan fingerprint density at radius 3 is 2.53 bits per heavy atom. The van der Waals surface area contributed by atoms with Gasteiger partial charge in [-0.1, -0.05) is 38.1 Å². The van der Waals surface area contributed by atoms with Crippen molar-refractivity contribution in [3.63, 3.8) is 0 Å². The first-order valence-corrected chi connectivity index (χ1v) is 6.80. The molecule has 98 valence electrons. The van der Waals surface area contributed by atoms with Crippen molar-refractivity contribution in [2.45, 2.75) is 33.1 Å². The highest BCUT2D eigenvalue weighted by molar-refractivity contribution is 9.10. The van der Waals surface area contributed by atoms with Crippen LogP contribution in [0.1, 0.15) is 37.6 Å². The Morgan fingerprint density at radius 2 is 2.00 bits per heavy atom. The zero-order chi connectivity index (χ0) is 14.2. The quantitative estimate of drug-likeness (QED) is 0.773. The molecule has 0 aliphatic carbocycles. The van der Waals surface area contributed by atoms with Crippen molar-refractivity contribution < 1.29 is 4.52 Å². The molecule has 4 heteroatoms. The highest BCUT2D eigenvalue weighted by Crippen LogP contribution is 2.35. The summed E-state index contributed by atoms with van der Waals surface area (Å²) >= 11 is 3.38. The van der Waals surface area contributed by atoms with Crippen molar-refractivity contribution >= 4 is 15.9 Å². The molecule has 19 heavy (non-hydrogen) atoms. The lowest BCUT2D eigenvalue weighted by Gasteiger charge is -2.20. The van der Waals surface area contributed by atoms with Crippen molar-refractivity contribution in [3.05, 3.63) is 39.5 Å². The number of rotatable bonds is 1. The Morgan fingerprint density at radius 1 is 1.32 bits per heavy atom. The van der Waals surface area contributed by atoms with Gasteiger partial charge in [-0.25, -0.2) is 0 Å². The van der Waals surface area contributed by atoms with E-state index in [9.17, 15) is 0 Å². The van der Waals surface area contributed by atoms with Gasteiger partial charge < -0.3 is 4.52 Å². The third-order valence-electron chi connectivity index (χ3n) is 3.09. The summed E-state index contributed by atoms with van der Waals surface area (Å²) in [6.07, 6.45) is 0. The molecule has 0 aliphatic heterocycles. The maximum atomic E-state index is 8.93. The van der Waals surface area contributed by atoms with Crippen LogP contribution in [0.15, 0.2) is 27.2 Å². The van der Waals surface area contributed by atoms with E-state index in [-0.39, 0.29) is 11.1 Å². The predicted molar refractivity (Wildman–Crippen MR) is 77.8 cm³/mol. The average Bonchev–Trinajstić information content (AvgIpc) is 2.69. The highest BCUT2D eigenvalue weighted by atomic mass is 79.9. The normalized spacial score (nSPS) is 11.4. The second kappa shape index (κ2) is 4.82. The van der Waals surface area contributed by atoms with Gasteiger partial charge in [0.15, 0.2) is 11.5 Å². The zero-order valence-electron chi connectivity index (χ0n) is 11.4. The Hall–Kier alpha value is -1.60. The molecular weight excluding hydrogens is 304 g/mol. The van der Waals surface area contributed by atoms with Crippen LogP contribution in [0.3, 0.4) is 0 Å². The molecule has 0 spiro atoms. The third kappa shape index (κ3) is 2.57. The van der Waals surface area contributed by atoms with Gasteiger partial charge in [-0.15, -0.1) is 0 Å². The highest BCUT2D eigenvalue weighted by Gasteiger charge is 2.20. The van der Waals surface area contributed by atoms with Crippen LogP contribution in [0.25, 0.3) is 11.3 Å². The Labute approximate surface area is 121 Å². The Balaban J connectivity index is 2.62. The average molecular weight is 319 g/mol. The lowest BCUT2D eigenvalue weighted by molar-refractivity contribution is 0.429. The van der Waals surface area contributed by atoms with Crippen LogP contribution in [0.4, 0.5) is 0 Å². The number of hydrogen-bond donors (Lipinski definition) is 0. The van der Waals surface area contributed by atoms with Gasteiger partial charge in [-0.3, -0.25) is 0 Å². The second-order valence-corrected chi connectivity index (χ2v) is 6.36. The molecule has 3 nitrogen and oxygen atoms in total. The summed E-state index contributed by atoms with van der Waals surface area (Å²) in [7, 11) is 0. The Kier molecular flexibility index (Phi) is 3.51. The van der Waals surface area contributed by atoms with Gasteiger partial charge in [-0.2, -0.15) is 5.26 Å². The molecule has 1 aromatic carbocycles.